The normalized spacial score (nSPS) is 11.9. The third-order valence-electron chi connectivity index (χ3n) is 0.932. The molecule has 0 atom stereocenters. The van der Waals surface area contributed by atoms with Gasteiger partial charge in [-0.15, -0.1) is 11.3 Å². The van der Waals surface area contributed by atoms with E-state index >= 15 is 0 Å². The van der Waals surface area contributed by atoms with E-state index in [-0.39, 0.29) is 9.23 Å². The Morgan fingerprint density at radius 2 is 2.00 bits per heavy atom. The lowest BCUT2D eigenvalue weighted by molar-refractivity contribution is 0.598. The molecule has 1 heterocycles. The van der Waals surface area contributed by atoms with Crippen molar-refractivity contribution in [3.05, 3.63) is 14.7 Å². The van der Waals surface area contributed by atoms with Crippen LogP contribution in [-0.4, -0.2) is 8.42 Å². The van der Waals surface area contributed by atoms with Crippen LogP contribution in [0.5, 0.6) is 0 Å². The fraction of sp³-hybridized carbons (Fsp3) is 0. The molecule has 0 fully saturated rings. The van der Waals surface area contributed by atoms with E-state index in [4.69, 9.17) is 28.3 Å². The van der Waals surface area contributed by atoms with Crippen molar-refractivity contribution in [3.63, 3.8) is 0 Å². The van der Waals surface area contributed by atoms with Crippen LogP contribution in [0.25, 0.3) is 0 Å². The lowest BCUT2D eigenvalue weighted by Gasteiger charge is -1.90. The van der Waals surface area contributed by atoms with Crippen molar-refractivity contribution in [1.29, 1.82) is 0 Å². The standard InChI is InChI=1S/C4H3Cl2NO2S2/c5-3-1-2(4(6)10-3)11(7,8)9/h1H,(H2,7,8,9). The maximum atomic E-state index is 10.7. The van der Waals surface area contributed by atoms with Gasteiger partial charge >= 0.3 is 0 Å². The molecule has 0 bridgehead atoms. The lowest BCUT2D eigenvalue weighted by Crippen LogP contribution is -2.11. The van der Waals surface area contributed by atoms with Gasteiger partial charge in [0, 0.05) is 0 Å². The molecule has 7 heteroatoms. The number of hydrogen-bond acceptors (Lipinski definition) is 3. The molecule has 1 rings (SSSR count). The van der Waals surface area contributed by atoms with E-state index in [1.54, 1.807) is 0 Å². The summed E-state index contributed by atoms with van der Waals surface area (Å²) in [4.78, 5) is -0.117. The number of halogens is 2. The Bertz CT molecular complexity index is 369. The minimum atomic E-state index is -3.72. The maximum absolute atomic E-state index is 10.7. The number of hydrogen-bond donors (Lipinski definition) is 1. The first-order valence-electron chi connectivity index (χ1n) is 2.39. The van der Waals surface area contributed by atoms with Crippen LogP contribution < -0.4 is 5.14 Å². The molecule has 0 saturated carbocycles. The largest absolute Gasteiger partial charge is 0.240 e. The van der Waals surface area contributed by atoms with Crippen LogP contribution in [0.1, 0.15) is 0 Å². The van der Waals surface area contributed by atoms with Crippen molar-refractivity contribution in [3.8, 4) is 0 Å². The molecular weight excluding hydrogens is 229 g/mol. The van der Waals surface area contributed by atoms with Crippen molar-refractivity contribution in [2.24, 2.45) is 5.14 Å². The van der Waals surface area contributed by atoms with Crippen LogP contribution in [0.3, 0.4) is 0 Å². The van der Waals surface area contributed by atoms with Gasteiger partial charge in [0.1, 0.15) is 9.23 Å². The molecule has 11 heavy (non-hydrogen) atoms. The molecule has 0 aliphatic carbocycles. The quantitative estimate of drug-likeness (QED) is 0.801. The Labute approximate surface area is 77.8 Å². The number of rotatable bonds is 1. The molecular formula is C4H3Cl2NO2S2. The van der Waals surface area contributed by atoms with Gasteiger partial charge in [0.25, 0.3) is 0 Å². The highest BCUT2D eigenvalue weighted by atomic mass is 35.5. The highest BCUT2D eigenvalue weighted by Gasteiger charge is 2.15. The SMILES string of the molecule is NS(=O)(=O)c1cc(Cl)sc1Cl. The Morgan fingerprint density at radius 3 is 2.18 bits per heavy atom. The van der Waals surface area contributed by atoms with E-state index in [0.717, 1.165) is 11.3 Å². The van der Waals surface area contributed by atoms with E-state index in [1.807, 2.05) is 0 Å². The molecule has 3 nitrogen and oxygen atoms in total. The Balaban J connectivity index is 3.36. The number of thiophene rings is 1. The Kier molecular flexibility index (Phi) is 2.46. The molecule has 0 saturated heterocycles. The van der Waals surface area contributed by atoms with Gasteiger partial charge in [-0.3, -0.25) is 0 Å². The number of primary sulfonamides is 1. The highest BCUT2D eigenvalue weighted by Crippen LogP contribution is 2.33. The summed E-state index contributed by atoms with van der Waals surface area (Å²) in [6, 6.07) is 1.23. The minimum absolute atomic E-state index is 0.0949. The average Bonchev–Trinajstić information content (AvgIpc) is 2.08. The first-order chi connectivity index (χ1) is 4.91. The fourth-order valence-corrected chi connectivity index (χ4v) is 3.23. The predicted molar refractivity (Wildman–Crippen MR) is 45.7 cm³/mol. The molecule has 0 amide bonds. The zero-order chi connectivity index (χ0) is 8.65. The lowest BCUT2D eigenvalue weighted by atomic mass is 10.7. The third-order valence-corrected chi connectivity index (χ3v) is 3.60. The summed E-state index contributed by atoms with van der Waals surface area (Å²) in [5.74, 6) is 0. The van der Waals surface area contributed by atoms with Crippen LogP contribution in [0.2, 0.25) is 8.67 Å². The summed E-state index contributed by atoms with van der Waals surface area (Å²) >= 11 is 12.0. The monoisotopic (exact) mass is 231 g/mol. The van der Waals surface area contributed by atoms with Gasteiger partial charge in [0.15, 0.2) is 0 Å². The van der Waals surface area contributed by atoms with Crippen molar-refractivity contribution in [2.45, 2.75) is 4.90 Å². The summed E-state index contributed by atoms with van der Waals surface area (Å²) in [5.41, 5.74) is 0. The van der Waals surface area contributed by atoms with E-state index < -0.39 is 10.0 Å². The van der Waals surface area contributed by atoms with Crippen LogP contribution in [-0.2, 0) is 10.0 Å². The molecule has 0 aromatic carbocycles. The maximum Gasteiger partial charge on any atom is 0.240 e. The second-order valence-corrected chi connectivity index (χ2v) is 5.55. The molecule has 1 aromatic rings. The van der Waals surface area contributed by atoms with E-state index in [9.17, 15) is 8.42 Å². The van der Waals surface area contributed by atoms with Gasteiger partial charge in [0.05, 0.1) is 4.34 Å². The van der Waals surface area contributed by atoms with Crippen molar-refractivity contribution in [2.75, 3.05) is 0 Å². The van der Waals surface area contributed by atoms with Gasteiger partial charge in [-0.1, -0.05) is 23.2 Å². The van der Waals surface area contributed by atoms with E-state index in [1.165, 1.54) is 6.07 Å². The molecule has 0 radical (unpaired) electrons. The van der Waals surface area contributed by atoms with Crippen molar-refractivity contribution in [1.82, 2.24) is 0 Å². The van der Waals surface area contributed by atoms with E-state index in [0.29, 0.717) is 4.34 Å². The highest BCUT2D eigenvalue weighted by molar-refractivity contribution is 7.89. The first kappa shape index (κ1) is 9.28. The van der Waals surface area contributed by atoms with Crippen LogP contribution >= 0.6 is 34.5 Å². The Hall–Kier alpha value is 0.190. The summed E-state index contributed by atoms with van der Waals surface area (Å²) in [6.07, 6.45) is 0. The predicted octanol–water partition coefficient (Wildman–Crippen LogP) is 1.70. The Morgan fingerprint density at radius 1 is 1.45 bits per heavy atom. The molecule has 2 N–H and O–H groups in total. The molecule has 0 aliphatic rings. The topological polar surface area (TPSA) is 60.2 Å². The van der Waals surface area contributed by atoms with Gasteiger partial charge in [0.2, 0.25) is 10.0 Å². The zero-order valence-corrected chi connectivity index (χ0v) is 8.19. The first-order valence-corrected chi connectivity index (χ1v) is 5.51. The number of sulfonamides is 1. The summed E-state index contributed by atoms with van der Waals surface area (Å²) < 4.78 is 21.8. The molecule has 62 valence electrons. The average molecular weight is 232 g/mol. The van der Waals surface area contributed by atoms with Crippen molar-refractivity contribution < 1.29 is 8.42 Å². The van der Waals surface area contributed by atoms with Gasteiger partial charge in [-0.25, -0.2) is 13.6 Å². The minimum Gasteiger partial charge on any atom is -0.225 e. The van der Waals surface area contributed by atoms with Crippen LogP contribution in [0.15, 0.2) is 11.0 Å². The molecule has 0 spiro atoms. The summed E-state index contributed by atoms with van der Waals surface area (Å²) in [7, 11) is -3.72. The second kappa shape index (κ2) is 2.91. The van der Waals surface area contributed by atoms with Crippen LogP contribution in [0.4, 0.5) is 0 Å². The summed E-state index contributed by atoms with van der Waals surface area (Å²) in [5, 5.41) is 4.81. The third kappa shape index (κ3) is 2.07. The summed E-state index contributed by atoms with van der Waals surface area (Å²) in [6.45, 7) is 0. The number of nitrogens with two attached hydrogens (primary N) is 1. The van der Waals surface area contributed by atoms with E-state index in [2.05, 4.69) is 0 Å². The fourth-order valence-electron chi connectivity index (χ4n) is 0.519. The van der Waals surface area contributed by atoms with Gasteiger partial charge in [-0.2, -0.15) is 0 Å². The van der Waals surface area contributed by atoms with Crippen molar-refractivity contribution >= 4 is 44.6 Å². The molecule has 0 aliphatic heterocycles. The zero-order valence-electron chi connectivity index (χ0n) is 5.04. The smallest absolute Gasteiger partial charge is 0.225 e. The molecule has 0 unspecified atom stereocenters. The van der Waals surface area contributed by atoms with Crippen LogP contribution in [0, 0.1) is 0 Å². The van der Waals surface area contributed by atoms with Gasteiger partial charge in [-0.05, 0) is 6.07 Å². The second-order valence-electron chi connectivity index (χ2n) is 1.73. The molecule has 1 aromatic heterocycles. The van der Waals surface area contributed by atoms with Gasteiger partial charge < -0.3 is 0 Å².